The average molecular weight is 334 g/mol. The second-order valence-corrected chi connectivity index (χ2v) is 6.14. The Morgan fingerprint density at radius 3 is 2.64 bits per heavy atom. The zero-order chi connectivity index (χ0) is 15.5. The smallest absolute Gasteiger partial charge is 0.196 e. The van der Waals surface area contributed by atoms with Gasteiger partial charge in [0.05, 0.1) is 0 Å². The first-order chi connectivity index (χ1) is 10.6. The lowest BCUT2D eigenvalue weighted by Crippen LogP contribution is -1.99. The van der Waals surface area contributed by atoms with E-state index in [2.05, 4.69) is 10.2 Å². The summed E-state index contributed by atoms with van der Waals surface area (Å²) in [5.41, 5.74) is 1.86. The molecule has 0 aliphatic rings. The van der Waals surface area contributed by atoms with Crippen molar-refractivity contribution in [3.8, 4) is 5.69 Å². The molecule has 1 aromatic heterocycles. The molecule has 2 aromatic carbocycles. The third-order valence-corrected chi connectivity index (χ3v) is 4.39. The predicted molar refractivity (Wildman–Crippen MR) is 87.1 cm³/mol. The maximum Gasteiger partial charge on any atom is 0.196 e. The number of hydrogen-bond acceptors (Lipinski definition) is 3. The summed E-state index contributed by atoms with van der Waals surface area (Å²) in [6.07, 6.45) is 0. The second kappa shape index (κ2) is 6.50. The van der Waals surface area contributed by atoms with Crippen molar-refractivity contribution >= 4 is 23.4 Å². The van der Waals surface area contributed by atoms with Crippen LogP contribution in [0.3, 0.4) is 0 Å². The first-order valence-corrected chi connectivity index (χ1v) is 8.05. The molecule has 3 rings (SSSR count). The highest BCUT2D eigenvalue weighted by molar-refractivity contribution is 7.98. The molecule has 0 atom stereocenters. The van der Waals surface area contributed by atoms with Crippen LogP contribution < -0.4 is 0 Å². The Balaban J connectivity index is 1.84. The molecule has 0 saturated carbocycles. The molecule has 0 fully saturated rings. The summed E-state index contributed by atoms with van der Waals surface area (Å²) in [7, 11) is 0. The van der Waals surface area contributed by atoms with Crippen molar-refractivity contribution in [2.75, 3.05) is 0 Å². The van der Waals surface area contributed by atoms with Crippen LogP contribution in [0.25, 0.3) is 5.69 Å². The summed E-state index contributed by atoms with van der Waals surface area (Å²) in [6.45, 7) is 1.90. The quantitative estimate of drug-likeness (QED) is 0.650. The first-order valence-electron chi connectivity index (χ1n) is 6.69. The van der Waals surface area contributed by atoms with E-state index in [0.717, 1.165) is 22.2 Å². The van der Waals surface area contributed by atoms with Gasteiger partial charge in [-0.2, -0.15) is 0 Å². The Kier molecular flexibility index (Phi) is 4.45. The minimum atomic E-state index is -0.228. The molecule has 0 radical (unpaired) electrons. The molecule has 0 amide bonds. The van der Waals surface area contributed by atoms with Gasteiger partial charge in [0, 0.05) is 16.5 Å². The topological polar surface area (TPSA) is 30.7 Å². The highest BCUT2D eigenvalue weighted by Gasteiger charge is 2.11. The van der Waals surface area contributed by atoms with E-state index in [-0.39, 0.29) is 5.82 Å². The minimum absolute atomic E-state index is 0.228. The van der Waals surface area contributed by atoms with E-state index in [1.54, 1.807) is 6.07 Å². The molecule has 0 spiro atoms. The number of hydrogen-bond donors (Lipinski definition) is 0. The summed E-state index contributed by atoms with van der Waals surface area (Å²) in [5.74, 6) is 1.20. The number of benzene rings is 2. The average Bonchev–Trinajstić information content (AvgIpc) is 2.87. The number of rotatable bonds is 4. The van der Waals surface area contributed by atoms with Gasteiger partial charge in [-0.15, -0.1) is 10.2 Å². The van der Waals surface area contributed by atoms with Gasteiger partial charge in [-0.3, -0.25) is 4.57 Å². The first kappa shape index (κ1) is 15.1. The molecule has 0 aliphatic carbocycles. The van der Waals surface area contributed by atoms with Gasteiger partial charge < -0.3 is 0 Å². The fourth-order valence-electron chi connectivity index (χ4n) is 2.10. The van der Waals surface area contributed by atoms with Crippen molar-refractivity contribution in [1.29, 1.82) is 0 Å². The van der Waals surface area contributed by atoms with Gasteiger partial charge in [-0.1, -0.05) is 35.5 Å². The van der Waals surface area contributed by atoms with Gasteiger partial charge >= 0.3 is 0 Å². The minimum Gasteiger partial charge on any atom is -0.274 e. The molecule has 0 saturated heterocycles. The van der Waals surface area contributed by atoms with E-state index in [1.807, 2.05) is 41.8 Å². The van der Waals surface area contributed by atoms with Crippen LogP contribution in [0, 0.1) is 12.7 Å². The molecule has 22 heavy (non-hydrogen) atoms. The number of nitrogens with zero attached hydrogens (tertiary/aromatic N) is 3. The van der Waals surface area contributed by atoms with Gasteiger partial charge in [-0.05, 0) is 48.9 Å². The lowest BCUT2D eigenvalue weighted by Gasteiger charge is -2.08. The number of aromatic nitrogens is 3. The molecule has 6 heteroatoms. The fourth-order valence-corrected chi connectivity index (χ4v) is 3.16. The Bertz CT molecular complexity index is 786. The summed E-state index contributed by atoms with van der Waals surface area (Å²) >= 11 is 7.45. The lowest BCUT2D eigenvalue weighted by atomic mass is 10.2. The Morgan fingerprint density at radius 2 is 1.91 bits per heavy atom. The van der Waals surface area contributed by atoms with Gasteiger partial charge in [0.25, 0.3) is 0 Å². The number of aryl methyl sites for hydroxylation is 1. The van der Waals surface area contributed by atoms with E-state index in [9.17, 15) is 4.39 Å². The maximum absolute atomic E-state index is 13.2. The Labute approximate surface area is 137 Å². The van der Waals surface area contributed by atoms with Crippen LogP contribution in [-0.2, 0) is 5.75 Å². The number of halogens is 2. The van der Waals surface area contributed by atoms with Crippen molar-refractivity contribution in [1.82, 2.24) is 14.8 Å². The summed E-state index contributed by atoms with van der Waals surface area (Å²) < 4.78 is 15.2. The number of thioether (sulfide) groups is 1. The third kappa shape index (κ3) is 3.31. The molecule has 112 valence electrons. The standard InChI is InChI=1S/C16H13ClFN3S/c1-11-19-20-16(21(11)15-7-5-13(17)6-8-15)22-10-12-3-2-4-14(18)9-12/h2-9H,10H2,1H3. The third-order valence-electron chi connectivity index (χ3n) is 3.14. The monoisotopic (exact) mass is 333 g/mol. The van der Waals surface area contributed by atoms with Gasteiger partial charge in [0.2, 0.25) is 0 Å². The van der Waals surface area contributed by atoms with E-state index < -0.39 is 0 Å². The lowest BCUT2D eigenvalue weighted by molar-refractivity contribution is 0.626. The molecule has 0 aliphatic heterocycles. The molecule has 0 N–H and O–H groups in total. The van der Waals surface area contributed by atoms with E-state index in [0.29, 0.717) is 10.8 Å². The van der Waals surface area contributed by atoms with Crippen molar-refractivity contribution < 1.29 is 4.39 Å². The van der Waals surface area contributed by atoms with Crippen molar-refractivity contribution in [3.63, 3.8) is 0 Å². The summed E-state index contributed by atoms with van der Waals surface area (Å²) in [6, 6.07) is 14.1. The van der Waals surface area contributed by atoms with Crippen LogP contribution in [0.4, 0.5) is 4.39 Å². The van der Waals surface area contributed by atoms with E-state index in [4.69, 9.17) is 11.6 Å². The Hall–Kier alpha value is -1.85. The summed E-state index contributed by atoms with van der Waals surface area (Å²) in [5, 5.41) is 9.78. The van der Waals surface area contributed by atoms with Crippen molar-refractivity contribution in [2.45, 2.75) is 17.8 Å². The highest BCUT2D eigenvalue weighted by Crippen LogP contribution is 2.25. The molecule has 1 heterocycles. The highest BCUT2D eigenvalue weighted by atomic mass is 35.5. The van der Waals surface area contributed by atoms with Crippen molar-refractivity contribution in [2.24, 2.45) is 0 Å². The van der Waals surface area contributed by atoms with Gasteiger partial charge in [0.15, 0.2) is 5.16 Å². The maximum atomic E-state index is 13.2. The predicted octanol–water partition coefficient (Wildman–Crippen LogP) is 4.66. The van der Waals surface area contributed by atoms with Crippen molar-refractivity contribution in [3.05, 3.63) is 70.8 Å². The van der Waals surface area contributed by atoms with Gasteiger partial charge in [-0.25, -0.2) is 4.39 Å². The normalized spacial score (nSPS) is 10.9. The second-order valence-electron chi connectivity index (χ2n) is 4.76. The SMILES string of the molecule is Cc1nnc(SCc2cccc(F)c2)n1-c1ccc(Cl)cc1. The molecule has 0 unspecified atom stereocenters. The molecule has 3 aromatic rings. The molecule has 3 nitrogen and oxygen atoms in total. The summed E-state index contributed by atoms with van der Waals surface area (Å²) in [4.78, 5) is 0. The van der Waals surface area contributed by atoms with Crippen LogP contribution in [-0.4, -0.2) is 14.8 Å². The molecule has 0 bridgehead atoms. The van der Waals surface area contributed by atoms with Crippen LogP contribution >= 0.6 is 23.4 Å². The van der Waals surface area contributed by atoms with E-state index >= 15 is 0 Å². The zero-order valence-corrected chi connectivity index (χ0v) is 13.4. The Morgan fingerprint density at radius 1 is 1.14 bits per heavy atom. The van der Waals surface area contributed by atoms with Crippen LogP contribution in [0.5, 0.6) is 0 Å². The van der Waals surface area contributed by atoms with Crippen LogP contribution in [0.15, 0.2) is 53.7 Å². The van der Waals surface area contributed by atoms with Crippen LogP contribution in [0.1, 0.15) is 11.4 Å². The van der Waals surface area contributed by atoms with E-state index in [1.165, 1.54) is 23.9 Å². The van der Waals surface area contributed by atoms with Gasteiger partial charge in [0.1, 0.15) is 11.6 Å². The largest absolute Gasteiger partial charge is 0.274 e. The molecular formula is C16H13ClFN3S. The zero-order valence-electron chi connectivity index (χ0n) is 11.8. The fraction of sp³-hybridized carbons (Fsp3) is 0.125. The molecular weight excluding hydrogens is 321 g/mol. The van der Waals surface area contributed by atoms with Crippen LogP contribution in [0.2, 0.25) is 5.02 Å².